The fourth-order valence-electron chi connectivity index (χ4n) is 1.91. The Morgan fingerprint density at radius 1 is 1.50 bits per heavy atom. The Kier molecular flexibility index (Phi) is 4.19. The Labute approximate surface area is 108 Å². The second-order valence-corrected chi connectivity index (χ2v) is 5.04. The van der Waals surface area contributed by atoms with Gasteiger partial charge in [-0.05, 0) is 44.5 Å². The van der Waals surface area contributed by atoms with Gasteiger partial charge in [0.1, 0.15) is 6.61 Å². The Bertz CT molecular complexity index is 405. The third kappa shape index (κ3) is 3.43. The molecule has 2 N–H and O–H groups in total. The Balaban J connectivity index is 1.85. The smallest absolute Gasteiger partial charge is 0.165 e. The van der Waals surface area contributed by atoms with Crippen molar-refractivity contribution in [2.24, 2.45) is 5.73 Å². The minimum absolute atomic E-state index is 0.158. The molecule has 1 aromatic carbocycles. The average molecular weight is 252 g/mol. The summed E-state index contributed by atoms with van der Waals surface area (Å²) in [4.78, 5) is 2.26. The van der Waals surface area contributed by atoms with Gasteiger partial charge in [0.25, 0.3) is 0 Å². The molecule has 18 heavy (non-hydrogen) atoms. The lowest BCUT2D eigenvalue weighted by Crippen LogP contribution is -2.26. The summed E-state index contributed by atoms with van der Waals surface area (Å²) in [5.74, 6) is -0.0255. The number of likely N-dealkylation sites (N-methyl/N-ethyl adjacent to an activating group) is 1. The summed E-state index contributed by atoms with van der Waals surface area (Å²) in [5, 5.41) is 0. The molecule has 0 aromatic heterocycles. The van der Waals surface area contributed by atoms with Crippen molar-refractivity contribution in [2.45, 2.75) is 31.8 Å². The van der Waals surface area contributed by atoms with Crippen LogP contribution >= 0.6 is 0 Å². The first-order valence-electron chi connectivity index (χ1n) is 6.46. The molecule has 0 saturated heterocycles. The van der Waals surface area contributed by atoms with Crippen LogP contribution in [-0.2, 0) is 0 Å². The quantitative estimate of drug-likeness (QED) is 0.844. The molecule has 0 aliphatic heterocycles. The third-order valence-electron chi connectivity index (χ3n) is 3.35. The summed E-state index contributed by atoms with van der Waals surface area (Å²) < 4.78 is 19.2. The van der Waals surface area contributed by atoms with E-state index in [9.17, 15) is 4.39 Å². The standard InChI is InChI=1S/C14H21FN2O/c1-10(16)11-3-6-14(13(15)9-11)18-8-7-17(2)12-4-5-12/h3,6,9-10,12H,4-5,7-8,16H2,1-2H3/t10-/m1/s1. The first-order valence-corrected chi connectivity index (χ1v) is 6.46. The summed E-state index contributed by atoms with van der Waals surface area (Å²) in [7, 11) is 2.08. The maximum absolute atomic E-state index is 13.7. The van der Waals surface area contributed by atoms with Gasteiger partial charge in [0, 0.05) is 18.6 Å². The van der Waals surface area contributed by atoms with Crippen molar-refractivity contribution < 1.29 is 9.13 Å². The van der Waals surface area contributed by atoms with Gasteiger partial charge in [0.05, 0.1) is 0 Å². The van der Waals surface area contributed by atoms with Crippen molar-refractivity contribution in [3.63, 3.8) is 0 Å². The second-order valence-electron chi connectivity index (χ2n) is 5.04. The van der Waals surface area contributed by atoms with Gasteiger partial charge in [-0.2, -0.15) is 0 Å². The van der Waals surface area contributed by atoms with Crippen LogP contribution in [0.4, 0.5) is 4.39 Å². The first kappa shape index (κ1) is 13.3. The van der Waals surface area contributed by atoms with Gasteiger partial charge in [-0.3, -0.25) is 0 Å². The van der Waals surface area contributed by atoms with E-state index in [1.807, 2.05) is 13.0 Å². The van der Waals surface area contributed by atoms with Gasteiger partial charge in [0.15, 0.2) is 11.6 Å². The Morgan fingerprint density at radius 3 is 2.78 bits per heavy atom. The number of ether oxygens (including phenoxy) is 1. The number of nitrogens with two attached hydrogens (primary N) is 1. The van der Waals surface area contributed by atoms with Crippen LogP contribution in [0.1, 0.15) is 31.4 Å². The van der Waals surface area contributed by atoms with Gasteiger partial charge < -0.3 is 15.4 Å². The highest BCUT2D eigenvalue weighted by molar-refractivity contribution is 5.30. The average Bonchev–Trinajstić information content (AvgIpc) is 3.14. The van der Waals surface area contributed by atoms with E-state index < -0.39 is 0 Å². The summed E-state index contributed by atoms with van der Waals surface area (Å²) in [6.07, 6.45) is 2.54. The minimum atomic E-state index is -0.334. The molecule has 0 radical (unpaired) electrons. The van der Waals surface area contributed by atoms with Crippen LogP contribution in [0.3, 0.4) is 0 Å². The van der Waals surface area contributed by atoms with E-state index in [0.29, 0.717) is 18.4 Å². The highest BCUT2D eigenvalue weighted by Crippen LogP contribution is 2.25. The summed E-state index contributed by atoms with van der Waals surface area (Å²) in [6, 6.07) is 5.47. The predicted molar refractivity (Wildman–Crippen MR) is 70.1 cm³/mol. The van der Waals surface area contributed by atoms with E-state index in [1.165, 1.54) is 18.9 Å². The minimum Gasteiger partial charge on any atom is -0.489 e. The number of hydrogen-bond donors (Lipinski definition) is 1. The van der Waals surface area contributed by atoms with E-state index in [2.05, 4.69) is 11.9 Å². The number of benzene rings is 1. The SMILES string of the molecule is C[C@@H](N)c1ccc(OCCN(C)C2CC2)c(F)c1. The third-order valence-corrected chi connectivity index (χ3v) is 3.35. The fraction of sp³-hybridized carbons (Fsp3) is 0.571. The molecular formula is C14H21FN2O. The topological polar surface area (TPSA) is 38.5 Å². The van der Waals surface area contributed by atoms with E-state index in [4.69, 9.17) is 10.5 Å². The molecule has 4 heteroatoms. The molecule has 0 spiro atoms. The van der Waals surface area contributed by atoms with E-state index >= 15 is 0 Å². The molecule has 0 amide bonds. The molecule has 1 atom stereocenters. The molecule has 0 bridgehead atoms. The lowest BCUT2D eigenvalue weighted by Gasteiger charge is -2.16. The highest BCUT2D eigenvalue weighted by atomic mass is 19.1. The highest BCUT2D eigenvalue weighted by Gasteiger charge is 2.25. The zero-order chi connectivity index (χ0) is 13.1. The van der Waals surface area contributed by atoms with Crippen LogP contribution in [-0.4, -0.2) is 31.1 Å². The first-order chi connectivity index (χ1) is 8.58. The van der Waals surface area contributed by atoms with E-state index in [0.717, 1.165) is 12.1 Å². The summed E-state index contributed by atoms with van der Waals surface area (Å²) in [6.45, 7) is 3.18. The zero-order valence-electron chi connectivity index (χ0n) is 11.0. The van der Waals surface area contributed by atoms with Gasteiger partial charge in [-0.25, -0.2) is 4.39 Å². The van der Waals surface area contributed by atoms with Crippen molar-refractivity contribution >= 4 is 0 Å². The van der Waals surface area contributed by atoms with Crippen LogP contribution in [0.5, 0.6) is 5.75 Å². The molecule has 3 nitrogen and oxygen atoms in total. The molecule has 1 aliphatic carbocycles. The molecular weight excluding hydrogens is 231 g/mol. The lowest BCUT2D eigenvalue weighted by atomic mass is 10.1. The maximum Gasteiger partial charge on any atom is 0.165 e. The molecule has 1 aromatic rings. The number of rotatable bonds is 6. The molecule has 0 unspecified atom stereocenters. The summed E-state index contributed by atoms with van der Waals surface area (Å²) in [5.41, 5.74) is 6.49. The van der Waals surface area contributed by atoms with Crippen LogP contribution in [0, 0.1) is 5.82 Å². The lowest BCUT2D eigenvalue weighted by molar-refractivity contribution is 0.225. The molecule has 1 fully saturated rings. The fourth-order valence-corrected chi connectivity index (χ4v) is 1.91. The van der Waals surface area contributed by atoms with Gasteiger partial charge >= 0.3 is 0 Å². The Morgan fingerprint density at radius 2 is 2.22 bits per heavy atom. The summed E-state index contributed by atoms with van der Waals surface area (Å²) >= 11 is 0. The van der Waals surface area contributed by atoms with E-state index in [1.54, 1.807) is 6.07 Å². The van der Waals surface area contributed by atoms with Crippen LogP contribution in [0.2, 0.25) is 0 Å². The van der Waals surface area contributed by atoms with Crippen molar-refractivity contribution in [1.82, 2.24) is 4.90 Å². The van der Waals surface area contributed by atoms with Crippen LogP contribution in [0.15, 0.2) is 18.2 Å². The van der Waals surface area contributed by atoms with E-state index in [-0.39, 0.29) is 11.9 Å². The number of halogens is 1. The molecule has 0 heterocycles. The largest absolute Gasteiger partial charge is 0.489 e. The molecule has 1 aliphatic rings. The van der Waals surface area contributed by atoms with Gasteiger partial charge in [0.2, 0.25) is 0 Å². The van der Waals surface area contributed by atoms with Crippen molar-refractivity contribution in [1.29, 1.82) is 0 Å². The predicted octanol–water partition coefficient (Wildman–Crippen LogP) is 2.32. The van der Waals surface area contributed by atoms with Crippen molar-refractivity contribution in [2.75, 3.05) is 20.2 Å². The maximum atomic E-state index is 13.7. The van der Waals surface area contributed by atoms with Crippen molar-refractivity contribution in [3.8, 4) is 5.75 Å². The molecule has 2 rings (SSSR count). The second kappa shape index (κ2) is 5.67. The number of hydrogen-bond acceptors (Lipinski definition) is 3. The van der Waals surface area contributed by atoms with Crippen LogP contribution < -0.4 is 10.5 Å². The monoisotopic (exact) mass is 252 g/mol. The molecule has 1 saturated carbocycles. The van der Waals surface area contributed by atoms with Crippen LogP contribution in [0.25, 0.3) is 0 Å². The Hall–Kier alpha value is -1.13. The van der Waals surface area contributed by atoms with Gasteiger partial charge in [-0.1, -0.05) is 6.07 Å². The van der Waals surface area contributed by atoms with Gasteiger partial charge in [-0.15, -0.1) is 0 Å². The number of nitrogens with zero attached hydrogens (tertiary/aromatic N) is 1. The van der Waals surface area contributed by atoms with Crippen molar-refractivity contribution in [3.05, 3.63) is 29.6 Å². The molecule has 100 valence electrons. The zero-order valence-corrected chi connectivity index (χ0v) is 11.0. The normalized spacial score (nSPS) is 16.9.